The topological polar surface area (TPSA) is 35.6 Å². The van der Waals surface area contributed by atoms with Crippen molar-refractivity contribution in [2.75, 3.05) is 50.0 Å². The highest BCUT2D eigenvalue weighted by Gasteiger charge is 2.20. The number of anilines is 1. The van der Waals surface area contributed by atoms with Crippen molar-refractivity contribution in [3.05, 3.63) is 29.0 Å². The largest absolute Gasteiger partial charge is 0.322 e. The minimum absolute atomic E-state index is 0.0513. The third kappa shape index (κ3) is 4.76. The van der Waals surface area contributed by atoms with Crippen molar-refractivity contribution in [1.82, 2.24) is 9.80 Å². The molecule has 1 fully saturated rings. The van der Waals surface area contributed by atoms with E-state index in [4.69, 9.17) is 11.6 Å². The van der Waals surface area contributed by atoms with Gasteiger partial charge in [-0.1, -0.05) is 11.6 Å². The second kappa shape index (κ2) is 7.87. The number of hydrogen-bond acceptors (Lipinski definition) is 3. The van der Waals surface area contributed by atoms with Gasteiger partial charge in [0.1, 0.15) is 5.82 Å². The molecule has 1 aromatic carbocycles. The third-order valence-corrected chi connectivity index (χ3v) is 4.34. The van der Waals surface area contributed by atoms with Crippen LogP contribution >= 0.6 is 23.4 Å². The van der Waals surface area contributed by atoms with Crippen LogP contribution in [0, 0.1) is 5.82 Å². The smallest absolute Gasteiger partial charge is 0.321 e. The molecule has 0 aliphatic carbocycles. The average Bonchev–Trinajstić information content (AvgIpc) is 2.49. The maximum atomic E-state index is 13.3. The first-order valence-corrected chi connectivity index (χ1v) is 8.59. The molecule has 1 aromatic rings. The Morgan fingerprint density at radius 3 is 2.71 bits per heavy atom. The molecule has 0 radical (unpaired) electrons. The predicted octanol–water partition coefficient (Wildman–Crippen LogP) is 2.99. The van der Waals surface area contributed by atoms with Gasteiger partial charge in [0.25, 0.3) is 0 Å². The highest BCUT2D eigenvalue weighted by Crippen LogP contribution is 2.19. The molecule has 7 heteroatoms. The molecule has 0 unspecified atom stereocenters. The average molecular weight is 332 g/mol. The molecular weight excluding hydrogens is 313 g/mol. The second-order valence-electron chi connectivity index (χ2n) is 4.88. The zero-order chi connectivity index (χ0) is 15.2. The molecule has 21 heavy (non-hydrogen) atoms. The molecule has 1 aliphatic heterocycles. The summed E-state index contributed by atoms with van der Waals surface area (Å²) in [5, 5.41) is 2.75. The van der Waals surface area contributed by atoms with E-state index in [9.17, 15) is 9.18 Å². The lowest BCUT2D eigenvalue weighted by atomic mass is 10.3. The summed E-state index contributed by atoms with van der Waals surface area (Å²) in [5.41, 5.74) is 0.423. The van der Waals surface area contributed by atoms with E-state index >= 15 is 0 Å². The van der Waals surface area contributed by atoms with E-state index in [1.807, 2.05) is 11.8 Å². The minimum Gasteiger partial charge on any atom is -0.322 e. The van der Waals surface area contributed by atoms with Crippen molar-refractivity contribution < 1.29 is 9.18 Å². The highest BCUT2D eigenvalue weighted by atomic mass is 35.5. The van der Waals surface area contributed by atoms with E-state index in [0.29, 0.717) is 18.8 Å². The number of amides is 2. The summed E-state index contributed by atoms with van der Waals surface area (Å²) >= 11 is 7.44. The van der Waals surface area contributed by atoms with E-state index in [1.54, 1.807) is 11.0 Å². The van der Waals surface area contributed by atoms with Gasteiger partial charge in [-0.25, -0.2) is 9.18 Å². The fourth-order valence-corrected chi connectivity index (χ4v) is 2.73. The van der Waals surface area contributed by atoms with Gasteiger partial charge in [0.15, 0.2) is 0 Å². The van der Waals surface area contributed by atoms with E-state index in [0.717, 1.165) is 25.4 Å². The number of benzene rings is 1. The monoisotopic (exact) mass is 331 g/mol. The number of carbonyl (C=O) groups excluding carboxylic acids is 1. The van der Waals surface area contributed by atoms with Gasteiger partial charge in [-0.2, -0.15) is 11.8 Å². The molecule has 0 saturated carbocycles. The summed E-state index contributed by atoms with van der Waals surface area (Å²) in [6.45, 7) is 4.19. The Bertz CT molecular complexity index is 495. The molecule has 1 aliphatic rings. The van der Waals surface area contributed by atoms with Gasteiger partial charge in [-0.05, 0) is 24.5 Å². The molecule has 1 heterocycles. The molecule has 0 atom stereocenters. The van der Waals surface area contributed by atoms with Gasteiger partial charge in [-0.15, -0.1) is 0 Å². The Kier molecular flexibility index (Phi) is 6.14. The van der Waals surface area contributed by atoms with Crippen molar-refractivity contribution in [3.8, 4) is 0 Å². The van der Waals surface area contributed by atoms with Gasteiger partial charge in [0.2, 0.25) is 0 Å². The molecule has 2 rings (SSSR count). The summed E-state index contributed by atoms with van der Waals surface area (Å²) in [6, 6.07) is 4.07. The fraction of sp³-hybridized carbons (Fsp3) is 0.500. The van der Waals surface area contributed by atoms with Crippen LogP contribution in [0.5, 0.6) is 0 Å². The number of nitrogens with one attached hydrogen (secondary N) is 1. The van der Waals surface area contributed by atoms with Crippen molar-refractivity contribution in [3.63, 3.8) is 0 Å². The lowest BCUT2D eigenvalue weighted by molar-refractivity contribution is 0.152. The molecule has 116 valence electrons. The number of halogens is 2. The van der Waals surface area contributed by atoms with E-state index in [1.165, 1.54) is 12.1 Å². The molecular formula is C14H19ClFN3OS. The molecule has 2 amide bonds. The van der Waals surface area contributed by atoms with Gasteiger partial charge in [0.05, 0.1) is 5.02 Å². The zero-order valence-corrected chi connectivity index (χ0v) is 13.5. The van der Waals surface area contributed by atoms with Crippen molar-refractivity contribution in [2.45, 2.75) is 0 Å². The first kappa shape index (κ1) is 16.4. The number of rotatable bonds is 4. The highest BCUT2D eigenvalue weighted by molar-refractivity contribution is 7.98. The number of hydrogen-bond donors (Lipinski definition) is 1. The number of urea groups is 1. The van der Waals surface area contributed by atoms with Crippen LogP contribution in [0.3, 0.4) is 0 Å². The van der Waals surface area contributed by atoms with Gasteiger partial charge in [-0.3, -0.25) is 4.90 Å². The second-order valence-corrected chi connectivity index (χ2v) is 6.27. The normalized spacial score (nSPS) is 16.0. The van der Waals surface area contributed by atoms with E-state index in [-0.39, 0.29) is 11.1 Å². The SMILES string of the molecule is CSCCN1CCN(C(=O)Nc2ccc(Cl)c(F)c2)CC1. The number of carbonyl (C=O) groups is 1. The maximum Gasteiger partial charge on any atom is 0.321 e. The van der Waals surface area contributed by atoms with Crippen LogP contribution in [-0.4, -0.2) is 60.6 Å². The number of thioether (sulfide) groups is 1. The Labute approximate surface area is 133 Å². The van der Waals surface area contributed by atoms with Gasteiger partial charge < -0.3 is 10.2 Å². The summed E-state index contributed by atoms with van der Waals surface area (Å²) in [4.78, 5) is 16.2. The quantitative estimate of drug-likeness (QED) is 0.921. The lowest BCUT2D eigenvalue weighted by Gasteiger charge is -2.34. The minimum atomic E-state index is -0.531. The van der Waals surface area contributed by atoms with Crippen LogP contribution in [0.25, 0.3) is 0 Å². The number of piperazine rings is 1. The van der Waals surface area contributed by atoms with E-state index in [2.05, 4.69) is 16.5 Å². The van der Waals surface area contributed by atoms with E-state index < -0.39 is 5.82 Å². The summed E-state index contributed by atoms with van der Waals surface area (Å²) < 4.78 is 13.3. The molecule has 0 aromatic heterocycles. The van der Waals surface area contributed by atoms with Crippen LogP contribution in [0.15, 0.2) is 18.2 Å². The van der Waals surface area contributed by atoms with Crippen LogP contribution in [0.1, 0.15) is 0 Å². The molecule has 0 spiro atoms. The van der Waals surface area contributed by atoms with Crippen molar-refractivity contribution in [1.29, 1.82) is 0 Å². The fourth-order valence-electron chi connectivity index (χ4n) is 2.17. The predicted molar refractivity (Wildman–Crippen MR) is 86.8 cm³/mol. The van der Waals surface area contributed by atoms with Crippen molar-refractivity contribution in [2.24, 2.45) is 0 Å². The molecule has 1 N–H and O–H groups in total. The first-order chi connectivity index (χ1) is 10.1. The van der Waals surface area contributed by atoms with Crippen LogP contribution in [0.4, 0.5) is 14.9 Å². The Hall–Kier alpha value is -0.980. The first-order valence-electron chi connectivity index (χ1n) is 6.82. The summed E-state index contributed by atoms with van der Waals surface area (Å²) in [5.74, 6) is 0.576. The Morgan fingerprint density at radius 1 is 1.38 bits per heavy atom. The number of nitrogens with zero attached hydrogens (tertiary/aromatic N) is 2. The van der Waals surface area contributed by atoms with Gasteiger partial charge >= 0.3 is 6.03 Å². The van der Waals surface area contributed by atoms with Crippen LogP contribution in [0.2, 0.25) is 5.02 Å². The van der Waals surface area contributed by atoms with Crippen LogP contribution in [-0.2, 0) is 0 Å². The maximum absolute atomic E-state index is 13.3. The van der Waals surface area contributed by atoms with Gasteiger partial charge in [0, 0.05) is 44.2 Å². The van der Waals surface area contributed by atoms with Crippen LogP contribution < -0.4 is 5.32 Å². The summed E-state index contributed by atoms with van der Waals surface area (Å²) in [7, 11) is 0. The molecule has 0 bridgehead atoms. The Morgan fingerprint density at radius 2 is 2.10 bits per heavy atom. The molecule has 1 saturated heterocycles. The third-order valence-electron chi connectivity index (χ3n) is 3.44. The summed E-state index contributed by atoms with van der Waals surface area (Å²) in [6.07, 6.45) is 2.09. The Balaban J connectivity index is 1.83. The van der Waals surface area contributed by atoms with Crippen molar-refractivity contribution >= 4 is 35.1 Å². The lowest BCUT2D eigenvalue weighted by Crippen LogP contribution is -2.50. The molecule has 4 nitrogen and oxygen atoms in total. The zero-order valence-electron chi connectivity index (χ0n) is 11.9. The standard InChI is InChI=1S/C14H19ClFN3OS/c1-21-9-8-18-4-6-19(7-5-18)14(20)17-11-2-3-12(15)13(16)10-11/h2-3,10H,4-9H2,1H3,(H,17,20).